The monoisotopic (exact) mass is 152 g/mol. The molecule has 0 aromatic heterocycles. The predicted molar refractivity (Wildman–Crippen MR) is 45.8 cm³/mol. The SMILES string of the molecule is CN1C=C(C2CCC2)CN1C. The van der Waals surface area contributed by atoms with Crippen molar-refractivity contribution in [1.82, 2.24) is 10.0 Å². The smallest absolute Gasteiger partial charge is 0.0408 e. The number of hydrogen-bond acceptors (Lipinski definition) is 2. The van der Waals surface area contributed by atoms with Crippen LogP contribution in [0, 0.1) is 5.92 Å². The Balaban J connectivity index is 1.99. The van der Waals surface area contributed by atoms with Crippen molar-refractivity contribution in [1.29, 1.82) is 0 Å². The van der Waals surface area contributed by atoms with Gasteiger partial charge in [0.1, 0.15) is 0 Å². The molecular formula is C9H16N2. The molecule has 0 aromatic rings. The summed E-state index contributed by atoms with van der Waals surface area (Å²) in [5.74, 6) is 0.919. The van der Waals surface area contributed by atoms with Crippen LogP contribution in [-0.4, -0.2) is 30.7 Å². The molecule has 1 saturated carbocycles. The van der Waals surface area contributed by atoms with Crippen molar-refractivity contribution in [3.05, 3.63) is 11.8 Å². The number of hydrazine groups is 1. The summed E-state index contributed by atoms with van der Waals surface area (Å²) >= 11 is 0. The van der Waals surface area contributed by atoms with Crippen LogP contribution in [0.15, 0.2) is 11.8 Å². The lowest BCUT2D eigenvalue weighted by Gasteiger charge is -2.26. The van der Waals surface area contributed by atoms with E-state index in [0.717, 1.165) is 12.5 Å². The summed E-state index contributed by atoms with van der Waals surface area (Å²) in [7, 11) is 4.26. The van der Waals surface area contributed by atoms with Gasteiger partial charge in [0.25, 0.3) is 0 Å². The van der Waals surface area contributed by atoms with Gasteiger partial charge in [0.2, 0.25) is 0 Å². The maximum Gasteiger partial charge on any atom is 0.0408 e. The third kappa shape index (κ3) is 1.16. The highest BCUT2D eigenvalue weighted by molar-refractivity contribution is 5.14. The Kier molecular flexibility index (Phi) is 1.64. The molecule has 1 heterocycles. The van der Waals surface area contributed by atoms with Crippen molar-refractivity contribution in [2.75, 3.05) is 20.6 Å². The van der Waals surface area contributed by atoms with E-state index in [0.29, 0.717) is 0 Å². The van der Waals surface area contributed by atoms with E-state index in [1.807, 2.05) is 0 Å². The maximum atomic E-state index is 2.30. The van der Waals surface area contributed by atoms with Crippen LogP contribution in [0.1, 0.15) is 19.3 Å². The molecule has 2 rings (SSSR count). The minimum atomic E-state index is 0.919. The van der Waals surface area contributed by atoms with E-state index in [2.05, 4.69) is 30.3 Å². The van der Waals surface area contributed by atoms with Gasteiger partial charge in [0.15, 0.2) is 0 Å². The van der Waals surface area contributed by atoms with Crippen molar-refractivity contribution >= 4 is 0 Å². The molecule has 0 spiro atoms. The Hall–Kier alpha value is -0.500. The first kappa shape index (κ1) is 7.17. The fraction of sp³-hybridized carbons (Fsp3) is 0.778. The predicted octanol–water partition coefficient (Wildman–Crippen LogP) is 1.46. The minimum absolute atomic E-state index is 0.919. The minimum Gasteiger partial charge on any atom is -0.316 e. The van der Waals surface area contributed by atoms with Crippen LogP contribution in [0.5, 0.6) is 0 Å². The molecule has 0 saturated heterocycles. The lowest BCUT2D eigenvalue weighted by molar-refractivity contribution is 0.114. The maximum absolute atomic E-state index is 2.30. The second-order valence-corrected chi connectivity index (χ2v) is 3.72. The van der Waals surface area contributed by atoms with Crippen LogP contribution in [0.2, 0.25) is 0 Å². The Morgan fingerprint density at radius 2 is 2.09 bits per heavy atom. The first-order chi connectivity index (χ1) is 5.27. The number of hydrogen-bond donors (Lipinski definition) is 0. The fourth-order valence-corrected chi connectivity index (χ4v) is 1.77. The summed E-state index contributed by atoms with van der Waals surface area (Å²) < 4.78 is 0. The summed E-state index contributed by atoms with van der Waals surface area (Å²) in [6, 6.07) is 0. The van der Waals surface area contributed by atoms with Gasteiger partial charge in [-0.15, -0.1) is 0 Å². The zero-order chi connectivity index (χ0) is 7.84. The van der Waals surface area contributed by atoms with Crippen molar-refractivity contribution in [2.45, 2.75) is 19.3 Å². The molecule has 0 aromatic carbocycles. The van der Waals surface area contributed by atoms with Crippen LogP contribution in [0.3, 0.4) is 0 Å². The molecule has 62 valence electrons. The average molecular weight is 152 g/mol. The van der Waals surface area contributed by atoms with Crippen molar-refractivity contribution in [3.63, 3.8) is 0 Å². The molecule has 2 nitrogen and oxygen atoms in total. The summed E-state index contributed by atoms with van der Waals surface area (Å²) in [6.07, 6.45) is 6.58. The second-order valence-electron chi connectivity index (χ2n) is 3.72. The van der Waals surface area contributed by atoms with Gasteiger partial charge in [0.05, 0.1) is 0 Å². The van der Waals surface area contributed by atoms with Gasteiger partial charge >= 0.3 is 0 Å². The summed E-state index contributed by atoms with van der Waals surface area (Å²) in [4.78, 5) is 0. The highest BCUT2D eigenvalue weighted by atomic mass is 15.6. The van der Waals surface area contributed by atoms with Crippen molar-refractivity contribution < 1.29 is 0 Å². The molecule has 0 amide bonds. The second kappa shape index (κ2) is 2.52. The Morgan fingerprint density at radius 1 is 1.36 bits per heavy atom. The molecular weight excluding hydrogens is 136 g/mol. The molecule has 0 bridgehead atoms. The van der Waals surface area contributed by atoms with Gasteiger partial charge in [-0.3, -0.25) is 0 Å². The number of nitrogens with zero attached hydrogens (tertiary/aromatic N) is 2. The summed E-state index contributed by atoms with van der Waals surface area (Å²) in [5.41, 5.74) is 1.64. The van der Waals surface area contributed by atoms with Gasteiger partial charge in [0, 0.05) is 26.8 Å². The van der Waals surface area contributed by atoms with Crippen LogP contribution in [0.4, 0.5) is 0 Å². The Bertz CT molecular complexity index is 182. The van der Waals surface area contributed by atoms with E-state index in [9.17, 15) is 0 Å². The molecule has 0 radical (unpaired) electrons. The van der Waals surface area contributed by atoms with Gasteiger partial charge in [-0.25, -0.2) is 5.01 Å². The zero-order valence-corrected chi connectivity index (χ0v) is 7.38. The largest absolute Gasteiger partial charge is 0.316 e. The normalized spacial score (nSPS) is 27.1. The molecule has 1 aliphatic carbocycles. The van der Waals surface area contributed by atoms with E-state index >= 15 is 0 Å². The lowest BCUT2D eigenvalue weighted by atomic mass is 9.80. The number of likely N-dealkylation sites (N-methyl/N-ethyl adjacent to an activating group) is 1. The van der Waals surface area contributed by atoms with Crippen LogP contribution < -0.4 is 0 Å². The Morgan fingerprint density at radius 3 is 2.45 bits per heavy atom. The van der Waals surface area contributed by atoms with E-state index in [1.165, 1.54) is 19.3 Å². The average Bonchev–Trinajstić information content (AvgIpc) is 2.08. The molecule has 0 N–H and O–H groups in total. The van der Waals surface area contributed by atoms with Gasteiger partial charge in [-0.2, -0.15) is 0 Å². The van der Waals surface area contributed by atoms with E-state index in [1.54, 1.807) is 5.57 Å². The molecule has 0 atom stereocenters. The first-order valence-electron chi connectivity index (χ1n) is 4.42. The zero-order valence-electron chi connectivity index (χ0n) is 7.38. The van der Waals surface area contributed by atoms with Gasteiger partial charge in [-0.05, 0) is 24.3 Å². The van der Waals surface area contributed by atoms with Crippen molar-refractivity contribution in [2.24, 2.45) is 5.92 Å². The highest BCUT2D eigenvalue weighted by Crippen LogP contribution is 2.35. The Labute approximate surface area is 68.4 Å². The van der Waals surface area contributed by atoms with E-state index in [-0.39, 0.29) is 0 Å². The van der Waals surface area contributed by atoms with Gasteiger partial charge < -0.3 is 5.01 Å². The van der Waals surface area contributed by atoms with Crippen molar-refractivity contribution in [3.8, 4) is 0 Å². The number of rotatable bonds is 1. The van der Waals surface area contributed by atoms with Crippen LogP contribution in [-0.2, 0) is 0 Å². The fourth-order valence-electron chi connectivity index (χ4n) is 1.77. The molecule has 2 aliphatic rings. The summed E-state index contributed by atoms with van der Waals surface area (Å²) in [5, 5.41) is 4.45. The molecule has 1 fully saturated rings. The van der Waals surface area contributed by atoms with E-state index in [4.69, 9.17) is 0 Å². The highest BCUT2D eigenvalue weighted by Gasteiger charge is 2.26. The third-order valence-electron chi connectivity index (χ3n) is 2.93. The first-order valence-corrected chi connectivity index (χ1v) is 4.42. The lowest BCUT2D eigenvalue weighted by Crippen LogP contribution is -2.28. The third-order valence-corrected chi connectivity index (χ3v) is 2.93. The van der Waals surface area contributed by atoms with E-state index < -0.39 is 0 Å². The standard InChI is InChI=1S/C9H16N2/c1-10-6-9(7-11(10)2)8-4-3-5-8/h6,8H,3-5,7H2,1-2H3. The quantitative estimate of drug-likeness (QED) is 0.561. The molecule has 0 unspecified atom stereocenters. The topological polar surface area (TPSA) is 6.48 Å². The summed E-state index contributed by atoms with van der Waals surface area (Å²) in [6.45, 7) is 1.15. The van der Waals surface area contributed by atoms with Gasteiger partial charge in [-0.1, -0.05) is 6.42 Å². The molecule has 2 heteroatoms. The molecule has 1 aliphatic heterocycles. The van der Waals surface area contributed by atoms with Crippen LogP contribution >= 0.6 is 0 Å². The molecule has 11 heavy (non-hydrogen) atoms. The van der Waals surface area contributed by atoms with Crippen LogP contribution in [0.25, 0.3) is 0 Å².